The topological polar surface area (TPSA) is 59.7 Å². The van der Waals surface area contributed by atoms with Crippen molar-refractivity contribution in [2.24, 2.45) is 4.99 Å². The van der Waals surface area contributed by atoms with Crippen LogP contribution in [0.25, 0.3) is 5.57 Å². The monoisotopic (exact) mass is 510 g/mol. The van der Waals surface area contributed by atoms with E-state index < -0.39 is 0 Å². The molecule has 38 heavy (non-hydrogen) atoms. The van der Waals surface area contributed by atoms with Crippen LogP contribution in [0, 0.1) is 0 Å². The molecule has 2 aliphatic heterocycles. The van der Waals surface area contributed by atoms with Crippen molar-refractivity contribution in [3.05, 3.63) is 88.4 Å². The summed E-state index contributed by atoms with van der Waals surface area (Å²) >= 11 is 0. The number of H-pyrrole nitrogens is 3. The number of aromatic nitrogens is 3. The number of nitrogens with zero attached hydrogens (tertiary/aromatic N) is 1. The molecule has 5 heterocycles. The summed E-state index contributed by atoms with van der Waals surface area (Å²) in [6.07, 6.45) is 11.6. The molecule has 0 saturated carbocycles. The van der Waals surface area contributed by atoms with Crippen LogP contribution in [0.2, 0.25) is 0 Å². The fourth-order valence-electron chi connectivity index (χ4n) is 7.51. The van der Waals surface area contributed by atoms with Gasteiger partial charge in [0, 0.05) is 50.6 Å². The van der Waals surface area contributed by atoms with Crippen LogP contribution in [-0.2, 0) is 16.2 Å². The van der Waals surface area contributed by atoms with E-state index in [0.29, 0.717) is 0 Å². The molecule has 202 valence electrons. The third kappa shape index (κ3) is 3.59. The zero-order valence-electron chi connectivity index (χ0n) is 24.5. The molecule has 4 heteroatoms. The number of nitrogens with one attached hydrogen (secondary N) is 3. The minimum absolute atomic E-state index is 0.0925. The third-order valence-electron chi connectivity index (χ3n) is 10.4. The quantitative estimate of drug-likeness (QED) is 0.284. The fourth-order valence-corrected chi connectivity index (χ4v) is 7.51. The molecule has 0 amide bonds. The third-order valence-corrected chi connectivity index (χ3v) is 10.4. The first-order valence-electron chi connectivity index (χ1n) is 15.0. The number of aliphatic imine (C=N–C) groups is 1. The molecule has 0 aliphatic carbocycles. The van der Waals surface area contributed by atoms with Crippen molar-refractivity contribution in [2.45, 2.75) is 110 Å². The summed E-state index contributed by atoms with van der Waals surface area (Å²) in [5.41, 5.74) is 10.9. The molecular weight excluding hydrogens is 464 g/mol. The van der Waals surface area contributed by atoms with Gasteiger partial charge in [-0.2, -0.15) is 0 Å². The lowest BCUT2D eigenvalue weighted by Crippen LogP contribution is -2.34. The summed E-state index contributed by atoms with van der Waals surface area (Å²) in [4.78, 5) is 17.2. The van der Waals surface area contributed by atoms with E-state index in [1.807, 2.05) is 0 Å². The highest BCUT2D eigenvalue weighted by atomic mass is 14.9. The molecule has 3 aromatic rings. The van der Waals surface area contributed by atoms with Gasteiger partial charge in [0.15, 0.2) is 0 Å². The number of allylic oxidation sites excluding steroid dienone is 3. The van der Waals surface area contributed by atoms with Gasteiger partial charge in [-0.3, -0.25) is 4.99 Å². The van der Waals surface area contributed by atoms with Crippen LogP contribution in [0.15, 0.2) is 59.2 Å². The molecule has 0 atom stereocenters. The standard InChI is InChI=1S/C34H46N4/c1-8-23-24-15-17-26(35-24)32(9-2,10-3)28-19-21-30(37-28)34(13-6,14-7)31-22-20-29(38-31)33(11-4,12-5)27-18-16-25(23)36-27/h15-22,35,37-38H,8-14H2,1-7H3/b25-23-. The van der Waals surface area contributed by atoms with Gasteiger partial charge in [0.2, 0.25) is 0 Å². The maximum absolute atomic E-state index is 5.34. The Hall–Kier alpha value is -3.01. The summed E-state index contributed by atoms with van der Waals surface area (Å²) in [6, 6.07) is 14.0. The summed E-state index contributed by atoms with van der Waals surface area (Å²) < 4.78 is 0. The maximum atomic E-state index is 5.34. The van der Waals surface area contributed by atoms with Crippen molar-refractivity contribution in [2.75, 3.05) is 0 Å². The molecule has 3 N–H and O–H groups in total. The van der Waals surface area contributed by atoms with Gasteiger partial charge in [0.05, 0.1) is 16.8 Å². The van der Waals surface area contributed by atoms with E-state index in [4.69, 9.17) is 4.99 Å². The van der Waals surface area contributed by atoms with E-state index in [1.165, 1.54) is 45.4 Å². The van der Waals surface area contributed by atoms with Crippen molar-refractivity contribution >= 4 is 11.3 Å². The number of hydrogen-bond donors (Lipinski definition) is 3. The van der Waals surface area contributed by atoms with E-state index in [0.717, 1.165) is 50.6 Å². The van der Waals surface area contributed by atoms with Crippen LogP contribution in [0.4, 0.5) is 0 Å². The zero-order valence-corrected chi connectivity index (χ0v) is 24.5. The number of fused-ring (bicyclic) bond motifs is 7. The Morgan fingerprint density at radius 1 is 0.526 bits per heavy atom. The van der Waals surface area contributed by atoms with Gasteiger partial charge in [0.1, 0.15) is 0 Å². The molecule has 5 rings (SSSR count). The lowest BCUT2D eigenvalue weighted by molar-refractivity contribution is 0.432. The van der Waals surface area contributed by atoms with Crippen molar-refractivity contribution in [3.63, 3.8) is 0 Å². The number of rotatable bonds is 7. The van der Waals surface area contributed by atoms with E-state index in [-0.39, 0.29) is 16.2 Å². The first-order chi connectivity index (χ1) is 18.4. The number of hydrogen-bond acceptors (Lipinski definition) is 1. The second kappa shape index (κ2) is 9.94. The zero-order chi connectivity index (χ0) is 27.1. The Bertz CT molecular complexity index is 1370. The summed E-state index contributed by atoms with van der Waals surface area (Å²) in [5, 5.41) is 0. The van der Waals surface area contributed by atoms with Gasteiger partial charge in [-0.05, 0) is 93.5 Å². The Morgan fingerprint density at radius 2 is 0.947 bits per heavy atom. The first-order valence-corrected chi connectivity index (χ1v) is 15.0. The SMILES string of the molecule is CC/C1=C2\C=CC(=N2)C(CC)(CC)c2ccc([nH]2)C(CC)(CC)c2ccc([nH]2)C(CC)(CC)c2ccc1[nH]2. The molecule has 0 saturated heterocycles. The summed E-state index contributed by atoms with van der Waals surface area (Å²) in [5.74, 6) is 0. The predicted molar refractivity (Wildman–Crippen MR) is 161 cm³/mol. The normalized spacial score (nSPS) is 21.1. The molecule has 8 bridgehead atoms. The predicted octanol–water partition coefficient (Wildman–Crippen LogP) is 9.09. The van der Waals surface area contributed by atoms with E-state index in [2.05, 4.69) is 112 Å². The van der Waals surface area contributed by atoms with Crippen LogP contribution in [0.5, 0.6) is 0 Å². The fraction of sp³-hybridized carbons (Fsp3) is 0.500. The second-order valence-electron chi connectivity index (χ2n) is 11.3. The van der Waals surface area contributed by atoms with Crippen LogP contribution in [0.3, 0.4) is 0 Å². The molecule has 3 aromatic heterocycles. The summed E-state index contributed by atoms with van der Waals surface area (Å²) in [7, 11) is 0. The maximum Gasteiger partial charge on any atom is 0.0686 e. The Labute approximate surface area is 229 Å². The van der Waals surface area contributed by atoms with E-state index in [9.17, 15) is 0 Å². The average Bonchev–Trinajstić information content (AvgIpc) is 3.76. The van der Waals surface area contributed by atoms with Gasteiger partial charge in [-0.15, -0.1) is 0 Å². The Kier molecular flexibility index (Phi) is 6.96. The smallest absolute Gasteiger partial charge is 0.0686 e. The molecule has 0 spiro atoms. The minimum atomic E-state index is -0.138. The van der Waals surface area contributed by atoms with Gasteiger partial charge in [0.25, 0.3) is 0 Å². The lowest BCUT2D eigenvalue weighted by Gasteiger charge is -2.34. The Balaban J connectivity index is 1.85. The highest BCUT2D eigenvalue weighted by Crippen LogP contribution is 2.45. The van der Waals surface area contributed by atoms with Crippen LogP contribution >= 0.6 is 0 Å². The van der Waals surface area contributed by atoms with Crippen molar-refractivity contribution in [1.29, 1.82) is 0 Å². The van der Waals surface area contributed by atoms with Crippen molar-refractivity contribution in [1.82, 2.24) is 15.0 Å². The minimum Gasteiger partial charge on any atom is -0.361 e. The lowest BCUT2D eigenvalue weighted by atomic mass is 9.75. The average molecular weight is 511 g/mol. The molecule has 0 radical (unpaired) electrons. The molecule has 2 aliphatic rings. The van der Waals surface area contributed by atoms with Crippen molar-refractivity contribution in [3.8, 4) is 0 Å². The molecule has 4 nitrogen and oxygen atoms in total. The molecule has 0 aromatic carbocycles. The van der Waals surface area contributed by atoms with Crippen molar-refractivity contribution < 1.29 is 0 Å². The van der Waals surface area contributed by atoms with Gasteiger partial charge >= 0.3 is 0 Å². The molecular formula is C34H46N4. The number of aromatic amines is 3. The van der Waals surface area contributed by atoms with Crippen LogP contribution in [-0.4, -0.2) is 20.7 Å². The van der Waals surface area contributed by atoms with E-state index in [1.54, 1.807) is 0 Å². The first kappa shape index (κ1) is 26.6. The molecule has 0 fully saturated rings. The highest BCUT2D eigenvalue weighted by molar-refractivity contribution is 6.07. The second-order valence-corrected chi connectivity index (χ2v) is 11.3. The van der Waals surface area contributed by atoms with Gasteiger partial charge in [-0.1, -0.05) is 48.5 Å². The summed E-state index contributed by atoms with van der Waals surface area (Å²) in [6.45, 7) is 16.1. The largest absolute Gasteiger partial charge is 0.361 e. The van der Waals surface area contributed by atoms with Crippen LogP contribution in [0.1, 0.15) is 128 Å². The molecule has 0 unspecified atom stereocenters. The van der Waals surface area contributed by atoms with Gasteiger partial charge in [-0.25, -0.2) is 0 Å². The van der Waals surface area contributed by atoms with E-state index >= 15 is 0 Å². The highest BCUT2D eigenvalue weighted by Gasteiger charge is 2.41. The Morgan fingerprint density at radius 3 is 1.39 bits per heavy atom. The van der Waals surface area contributed by atoms with Crippen LogP contribution < -0.4 is 0 Å². The van der Waals surface area contributed by atoms with Gasteiger partial charge < -0.3 is 15.0 Å².